The SMILES string of the molecule is Cc1nn(C)c(C)c1-c1n[nH]c(C2CCN(Cc3nc(C)c4ccccc4n3)CC2)c1C#N. The van der Waals surface area contributed by atoms with E-state index in [-0.39, 0.29) is 5.92 Å². The van der Waals surface area contributed by atoms with E-state index >= 15 is 0 Å². The molecule has 0 atom stereocenters. The summed E-state index contributed by atoms with van der Waals surface area (Å²) in [5.41, 5.74) is 7.21. The van der Waals surface area contributed by atoms with E-state index in [0.29, 0.717) is 5.56 Å². The van der Waals surface area contributed by atoms with E-state index in [9.17, 15) is 5.26 Å². The summed E-state index contributed by atoms with van der Waals surface area (Å²) in [7, 11) is 1.92. The van der Waals surface area contributed by atoms with Crippen molar-refractivity contribution in [1.82, 2.24) is 34.8 Å². The molecule has 8 nitrogen and oxygen atoms in total. The molecule has 0 radical (unpaired) electrons. The van der Waals surface area contributed by atoms with Gasteiger partial charge in [0.15, 0.2) is 0 Å². The van der Waals surface area contributed by atoms with Crippen LogP contribution in [0.25, 0.3) is 22.2 Å². The summed E-state index contributed by atoms with van der Waals surface area (Å²) in [4.78, 5) is 11.9. The van der Waals surface area contributed by atoms with Gasteiger partial charge in [-0.15, -0.1) is 0 Å². The van der Waals surface area contributed by atoms with Crippen LogP contribution >= 0.6 is 0 Å². The molecule has 1 N–H and O–H groups in total. The minimum atomic E-state index is 0.286. The molecule has 4 aromatic rings. The lowest BCUT2D eigenvalue weighted by Gasteiger charge is -2.31. The number of fused-ring (bicyclic) bond motifs is 1. The van der Waals surface area contributed by atoms with Crippen molar-refractivity contribution in [2.24, 2.45) is 7.05 Å². The van der Waals surface area contributed by atoms with Gasteiger partial charge in [-0.05, 0) is 52.8 Å². The van der Waals surface area contributed by atoms with E-state index in [2.05, 4.69) is 32.3 Å². The Bertz CT molecular complexity index is 1370. The number of nitrogens with zero attached hydrogens (tertiary/aromatic N) is 7. The summed E-state index contributed by atoms with van der Waals surface area (Å²) in [5, 5.41) is 23.3. The molecule has 0 amide bonds. The second kappa shape index (κ2) is 8.41. The van der Waals surface area contributed by atoms with Crippen molar-refractivity contribution in [3.05, 3.63) is 58.4 Å². The van der Waals surface area contributed by atoms with Crippen LogP contribution in [0.4, 0.5) is 0 Å². The molecular formula is C25H28N8. The number of rotatable bonds is 4. The number of aromatic amines is 1. The number of aromatic nitrogens is 6. The van der Waals surface area contributed by atoms with Crippen molar-refractivity contribution in [2.45, 2.75) is 46.1 Å². The Morgan fingerprint density at radius 3 is 2.55 bits per heavy atom. The quantitative estimate of drug-likeness (QED) is 0.516. The first-order chi connectivity index (χ1) is 16.0. The minimum Gasteiger partial charge on any atom is -0.296 e. The van der Waals surface area contributed by atoms with E-state index in [4.69, 9.17) is 9.97 Å². The third-order valence-electron chi connectivity index (χ3n) is 6.85. The molecule has 168 valence electrons. The van der Waals surface area contributed by atoms with Gasteiger partial charge in [0.2, 0.25) is 0 Å². The maximum absolute atomic E-state index is 9.96. The van der Waals surface area contributed by atoms with Gasteiger partial charge in [-0.1, -0.05) is 18.2 Å². The van der Waals surface area contributed by atoms with Gasteiger partial charge in [-0.3, -0.25) is 14.7 Å². The zero-order chi connectivity index (χ0) is 23.1. The van der Waals surface area contributed by atoms with E-state index in [1.54, 1.807) is 0 Å². The average Bonchev–Trinajstić information content (AvgIpc) is 3.33. The summed E-state index contributed by atoms with van der Waals surface area (Å²) < 4.78 is 1.84. The predicted molar refractivity (Wildman–Crippen MR) is 127 cm³/mol. The summed E-state index contributed by atoms with van der Waals surface area (Å²) in [6.07, 6.45) is 1.93. The number of aryl methyl sites for hydroxylation is 3. The van der Waals surface area contributed by atoms with Crippen molar-refractivity contribution in [2.75, 3.05) is 13.1 Å². The number of benzene rings is 1. The normalized spacial score (nSPS) is 15.2. The topological polar surface area (TPSA) is 99.3 Å². The molecule has 1 aromatic carbocycles. The van der Waals surface area contributed by atoms with E-state index in [0.717, 1.165) is 83.2 Å². The maximum atomic E-state index is 9.96. The van der Waals surface area contributed by atoms with Crippen molar-refractivity contribution < 1.29 is 0 Å². The van der Waals surface area contributed by atoms with Crippen molar-refractivity contribution in [1.29, 1.82) is 5.26 Å². The number of nitrogens with one attached hydrogen (secondary N) is 1. The number of H-pyrrole nitrogens is 1. The molecular weight excluding hydrogens is 412 g/mol. The minimum absolute atomic E-state index is 0.286. The van der Waals surface area contributed by atoms with Crippen LogP contribution < -0.4 is 0 Å². The zero-order valence-electron chi connectivity index (χ0n) is 19.6. The van der Waals surface area contributed by atoms with Gasteiger partial charge < -0.3 is 0 Å². The smallest absolute Gasteiger partial charge is 0.143 e. The predicted octanol–water partition coefficient (Wildman–Crippen LogP) is 3.93. The van der Waals surface area contributed by atoms with Crippen LogP contribution in [0, 0.1) is 32.1 Å². The average molecular weight is 441 g/mol. The second-order valence-corrected chi connectivity index (χ2v) is 8.93. The largest absolute Gasteiger partial charge is 0.296 e. The summed E-state index contributed by atoms with van der Waals surface area (Å²) in [6, 6.07) is 10.6. The summed E-state index contributed by atoms with van der Waals surface area (Å²) in [6.45, 7) is 8.64. The fourth-order valence-electron chi connectivity index (χ4n) is 5.01. The maximum Gasteiger partial charge on any atom is 0.143 e. The second-order valence-electron chi connectivity index (χ2n) is 8.93. The molecule has 0 bridgehead atoms. The van der Waals surface area contributed by atoms with Crippen molar-refractivity contribution in [3.8, 4) is 17.3 Å². The molecule has 33 heavy (non-hydrogen) atoms. The standard InChI is InChI=1S/C25H28N8/c1-15-19-7-5-6-8-21(19)28-22(27-15)14-33-11-9-18(10-12-33)24-20(13-26)25(30-29-24)23-16(2)31-32(4)17(23)3/h5-8,18H,9-12,14H2,1-4H3,(H,29,30). The highest BCUT2D eigenvalue weighted by Gasteiger charge is 2.28. The van der Waals surface area contributed by atoms with E-state index in [1.165, 1.54) is 0 Å². The molecule has 4 heterocycles. The van der Waals surface area contributed by atoms with Crippen LogP contribution in [0.2, 0.25) is 0 Å². The highest BCUT2D eigenvalue weighted by Crippen LogP contribution is 2.35. The van der Waals surface area contributed by atoms with Crippen LogP contribution in [0.3, 0.4) is 0 Å². The molecule has 1 aliphatic rings. The highest BCUT2D eigenvalue weighted by atomic mass is 15.3. The molecule has 0 spiro atoms. The van der Waals surface area contributed by atoms with Crippen molar-refractivity contribution >= 4 is 10.9 Å². The third kappa shape index (κ3) is 3.79. The van der Waals surface area contributed by atoms with E-state index < -0.39 is 0 Å². The van der Waals surface area contributed by atoms with Gasteiger partial charge in [0.05, 0.1) is 23.4 Å². The molecule has 0 saturated carbocycles. The van der Waals surface area contributed by atoms with Crippen LogP contribution in [0.5, 0.6) is 0 Å². The lowest BCUT2D eigenvalue weighted by molar-refractivity contribution is 0.199. The number of hydrogen-bond acceptors (Lipinski definition) is 6. The monoisotopic (exact) mass is 440 g/mol. The van der Waals surface area contributed by atoms with Gasteiger partial charge in [-0.2, -0.15) is 15.5 Å². The number of likely N-dealkylation sites (tertiary alicyclic amines) is 1. The molecule has 1 saturated heterocycles. The molecule has 0 unspecified atom stereocenters. The third-order valence-corrected chi connectivity index (χ3v) is 6.85. The lowest BCUT2D eigenvalue weighted by Crippen LogP contribution is -2.33. The molecule has 1 fully saturated rings. The molecule has 0 aliphatic carbocycles. The van der Waals surface area contributed by atoms with Gasteiger partial charge in [0.25, 0.3) is 0 Å². The van der Waals surface area contributed by atoms with Gasteiger partial charge >= 0.3 is 0 Å². The molecule has 1 aliphatic heterocycles. The summed E-state index contributed by atoms with van der Waals surface area (Å²) in [5.74, 6) is 1.16. The van der Waals surface area contributed by atoms with Gasteiger partial charge in [0, 0.05) is 35.3 Å². The fraction of sp³-hybridized carbons (Fsp3) is 0.400. The lowest BCUT2D eigenvalue weighted by atomic mass is 9.90. The van der Waals surface area contributed by atoms with E-state index in [1.807, 2.05) is 50.7 Å². The first-order valence-corrected chi connectivity index (χ1v) is 11.4. The highest BCUT2D eigenvalue weighted by molar-refractivity contribution is 5.80. The first-order valence-electron chi connectivity index (χ1n) is 11.4. The Balaban J connectivity index is 1.32. The van der Waals surface area contributed by atoms with Crippen LogP contribution in [0.1, 0.15) is 52.9 Å². The first kappa shape index (κ1) is 21.3. The Kier molecular flexibility index (Phi) is 5.43. The van der Waals surface area contributed by atoms with Crippen LogP contribution in [-0.2, 0) is 13.6 Å². The molecule has 3 aromatic heterocycles. The zero-order valence-corrected chi connectivity index (χ0v) is 19.6. The Hall–Kier alpha value is -3.57. The van der Waals surface area contributed by atoms with Crippen LogP contribution in [0.15, 0.2) is 24.3 Å². The Labute approximate surface area is 193 Å². The number of hydrogen-bond donors (Lipinski definition) is 1. The van der Waals surface area contributed by atoms with Crippen LogP contribution in [-0.4, -0.2) is 47.9 Å². The number of nitriles is 1. The number of para-hydroxylation sites is 1. The number of piperidine rings is 1. The fourth-order valence-corrected chi connectivity index (χ4v) is 5.01. The molecule has 8 heteroatoms. The Morgan fingerprint density at radius 2 is 1.85 bits per heavy atom. The Morgan fingerprint density at radius 1 is 1.09 bits per heavy atom. The van der Waals surface area contributed by atoms with Gasteiger partial charge in [0.1, 0.15) is 23.2 Å². The van der Waals surface area contributed by atoms with Gasteiger partial charge in [-0.25, -0.2) is 9.97 Å². The molecule has 5 rings (SSSR count). The summed E-state index contributed by atoms with van der Waals surface area (Å²) >= 11 is 0. The van der Waals surface area contributed by atoms with Crippen molar-refractivity contribution in [3.63, 3.8) is 0 Å².